The van der Waals surface area contributed by atoms with Crippen LogP contribution in [0, 0.1) is 12.7 Å². The number of hydrogen-bond acceptors (Lipinski definition) is 10. The topological polar surface area (TPSA) is 138 Å². The summed E-state index contributed by atoms with van der Waals surface area (Å²) in [4.78, 5) is 8.06. The van der Waals surface area contributed by atoms with Crippen molar-refractivity contribution in [3.63, 3.8) is 0 Å². The number of thioether (sulfide) groups is 1. The summed E-state index contributed by atoms with van der Waals surface area (Å²) in [6.45, 7) is -2.60. The fraction of sp³-hybridized carbons (Fsp3) is 0.583. The van der Waals surface area contributed by atoms with Gasteiger partial charge >= 0.3 is 0 Å². The number of aryl methyl sites for hydroxylation is 1. The number of anilines is 1. The first-order valence-electron chi connectivity index (χ1n) is 17.9. The summed E-state index contributed by atoms with van der Waals surface area (Å²) < 4.78 is 145. The van der Waals surface area contributed by atoms with Gasteiger partial charge in [0.15, 0.2) is 22.1 Å². The van der Waals surface area contributed by atoms with Gasteiger partial charge in [0, 0.05) is 35.0 Å². The minimum absolute atomic E-state index is 0.00107. The van der Waals surface area contributed by atoms with E-state index in [0.29, 0.717) is 0 Å². The molecule has 2 aromatic heterocycles. The molecule has 0 saturated heterocycles. The minimum atomic E-state index is -4.25. The van der Waals surface area contributed by atoms with E-state index >= 15 is 0 Å². The molecule has 0 unspecified atom stereocenters. The predicted octanol–water partition coefficient (Wildman–Crippen LogP) is 2.18. The number of rotatable bonds is 10. The largest absolute Gasteiger partial charge is 0.394 e. The number of aliphatic hydroxyl groups is 3. The number of halogens is 1. The van der Waals surface area contributed by atoms with E-state index in [1.807, 2.05) is 0 Å². The van der Waals surface area contributed by atoms with Crippen molar-refractivity contribution in [2.24, 2.45) is 0 Å². The Labute approximate surface area is 233 Å². The Bertz CT molecular complexity index is 1900. The number of fused-ring (bicyclic) bond motifs is 1. The lowest BCUT2D eigenvalue weighted by Crippen LogP contribution is -2.33. The Morgan fingerprint density at radius 1 is 1.33 bits per heavy atom. The summed E-state index contributed by atoms with van der Waals surface area (Å²) in [5.74, 6) is -2.72. The monoisotopic (exact) mass is 533 g/mol. The molecule has 2 aliphatic rings. The second-order valence-corrected chi connectivity index (χ2v) is 8.28. The van der Waals surface area contributed by atoms with Crippen molar-refractivity contribution in [2.75, 3.05) is 24.2 Å². The molecule has 0 spiro atoms. The van der Waals surface area contributed by atoms with Crippen molar-refractivity contribution < 1.29 is 45.0 Å². The zero-order valence-corrected chi connectivity index (χ0v) is 19.6. The van der Waals surface area contributed by atoms with Crippen LogP contribution in [0.25, 0.3) is 11.2 Å². The van der Waals surface area contributed by atoms with Gasteiger partial charge in [-0.05, 0) is 36.9 Å². The van der Waals surface area contributed by atoms with Gasteiger partial charge in [-0.2, -0.15) is 0 Å². The van der Waals surface area contributed by atoms with Gasteiger partial charge < -0.3 is 25.4 Å². The summed E-state index contributed by atoms with van der Waals surface area (Å²) in [6.07, 6.45) is -21.7. The summed E-state index contributed by atoms with van der Waals surface area (Å²) in [6, 6.07) is -2.54. The summed E-state index contributed by atoms with van der Waals surface area (Å²) in [5.41, 5.74) is -4.13. The number of hydrogen-bond donors (Lipinski definition) is 4. The summed E-state index contributed by atoms with van der Waals surface area (Å²) in [5, 5.41) is 40.7. The molecule has 2 fully saturated rings. The molecule has 0 radical (unpaired) electrons. The van der Waals surface area contributed by atoms with Gasteiger partial charge in [-0.15, -0.1) is 5.10 Å². The fourth-order valence-corrected chi connectivity index (χ4v) is 3.80. The molecule has 4 N–H and O–H groups in total. The normalized spacial score (nSPS) is 47.9. The lowest BCUT2D eigenvalue weighted by molar-refractivity contribution is -0.0629. The highest BCUT2D eigenvalue weighted by Crippen LogP contribution is 2.44. The van der Waals surface area contributed by atoms with Gasteiger partial charge in [0.2, 0.25) is 0 Å². The third-order valence-corrected chi connectivity index (χ3v) is 5.83. The van der Waals surface area contributed by atoms with Crippen molar-refractivity contribution in [3.05, 3.63) is 35.1 Å². The van der Waals surface area contributed by atoms with Gasteiger partial charge in [-0.1, -0.05) is 36.0 Å². The second-order valence-electron chi connectivity index (χ2n) is 7.51. The number of benzene rings is 1. The molecule has 36 heavy (non-hydrogen) atoms. The van der Waals surface area contributed by atoms with Crippen LogP contribution < -0.4 is 5.32 Å². The second kappa shape index (κ2) is 10.5. The van der Waals surface area contributed by atoms with Crippen LogP contribution in [0.3, 0.4) is 0 Å². The van der Waals surface area contributed by atoms with E-state index in [9.17, 15) is 19.7 Å². The Morgan fingerprint density at radius 2 is 2.17 bits per heavy atom. The quantitative estimate of drug-likeness (QED) is 0.227. The van der Waals surface area contributed by atoms with Gasteiger partial charge in [0.05, 0.1) is 34.9 Å². The molecule has 0 amide bonds. The van der Waals surface area contributed by atoms with Crippen LogP contribution >= 0.6 is 11.8 Å². The van der Waals surface area contributed by atoms with E-state index in [1.54, 1.807) is 0 Å². The van der Waals surface area contributed by atoms with Crippen LogP contribution in [0.2, 0.25) is 0 Å². The standard InChI is InChI=1S/C24H31FN6O4S/c1-3-8-36-24-27-22(26-16-10-14(16)13-5-4-12(2)15(25)9-13)19-23(28-24)31(30-29-19)17-11-18(35-7-6-32)21(34)20(17)33/h4-5,9,14,16-18,20-21,32-34H,3,6-8,10-11H2,1-2H3,(H,26,27,28)/t14-,16+,17+,18-,20-,21+/m0/s1/i3D2,7D2,8D2,10D2,11D2,16D,17D,18D,20D,21D. The van der Waals surface area contributed by atoms with Crippen LogP contribution in [0.1, 0.15) is 69.7 Å². The number of aliphatic hydroxyl groups excluding tert-OH is 1. The minimum Gasteiger partial charge on any atom is -0.394 e. The number of aromatic nitrogens is 5. The number of ether oxygens (including phenoxy) is 1. The van der Waals surface area contributed by atoms with E-state index in [2.05, 4.69) is 30.3 Å². The molecule has 3 aromatic rings. The highest BCUT2D eigenvalue weighted by molar-refractivity contribution is 7.99. The molecule has 10 nitrogen and oxygen atoms in total. The lowest BCUT2D eigenvalue weighted by atomic mass is 10.1. The van der Waals surface area contributed by atoms with E-state index < -0.39 is 102 Å². The van der Waals surface area contributed by atoms with Gasteiger partial charge in [0.1, 0.15) is 18.0 Å². The van der Waals surface area contributed by atoms with E-state index in [4.69, 9.17) is 20.6 Å². The number of nitrogens with one attached hydrogen (secondary N) is 1. The van der Waals surface area contributed by atoms with Crippen LogP contribution in [0.4, 0.5) is 10.2 Å². The number of nitrogens with zero attached hydrogens (tertiary/aromatic N) is 5. The van der Waals surface area contributed by atoms with E-state index in [0.717, 1.165) is 13.0 Å². The van der Waals surface area contributed by atoms with Crippen LogP contribution in [-0.4, -0.2) is 83.4 Å². The molecule has 194 valence electrons. The maximum Gasteiger partial charge on any atom is 0.191 e. The molecular weight excluding hydrogens is 487 g/mol. The van der Waals surface area contributed by atoms with E-state index in [1.165, 1.54) is 19.1 Å². The lowest BCUT2D eigenvalue weighted by Gasteiger charge is -2.17. The first kappa shape index (κ1) is 12.9. The Morgan fingerprint density at radius 3 is 2.92 bits per heavy atom. The van der Waals surface area contributed by atoms with Crippen LogP contribution in [0.5, 0.6) is 0 Å². The predicted molar refractivity (Wildman–Crippen MR) is 133 cm³/mol. The van der Waals surface area contributed by atoms with Crippen molar-refractivity contribution >= 4 is 28.7 Å². The molecule has 12 heteroatoms. The zero-order valence-electron chi connectivity index (χ0n) is 33.8. The molecular formula is C24H31FN6O4S. The average molecular weight is 534 g/mol. The first-order valence-corrected chi connectivity index (χ1v) is 11.3. The summed E-state index contributed by atoms with van der Waals surface area (Å²) in [7, 11) is 0. The Balaban J connectivity index is 1.75. The smallest absolute Gasteiger partial charge is 0.191 e. The van der Waals surface area contributed by atoms with E-state index in [-0.39, 0.29) is 27.6 Å². The molecule has 1 aromatic carbocycles. The third-order valence-electron chi connectivity index (χ3n) is 5.16. The van der Waals surface area contributed by atoms with Crippen LogP contribution in [0.15, 0.2) is 23.4 Å². The third kappa shape index (κ3) is 4.92. The average Bonchev–Trinajstić information content (AvgIpc) is 3.21. The zero-order chi connectivity index (χ0) is 39.0. The Hall–Kier alpha value is -2.38. The molecule has 0 aliphatic heterocycles. The van der Waals surface area contributed by atoms with Crippen molar-refractivity contribution in [2.45, 2.75) is 74.3 Å². The maximum atomic E-state index is 14.5. The first-order chi connectivity index (χ1) is 22.8. The van der Waals surface area contributed by atoms with Gasteiger partial charge in [0.25, 0.3) is 0 Å². The Kier molecular flexibility index (Phi) is 3.78. The molecule has 5 rings (SSSR count). The van der Waals surface area contributed by atoms with Crippen molar-refractivity contribution in [3.8, 4) is 0 Å². The maximum absolute atomic E-state index is 14.5. The molecule has 0 bridgehead atoms. The fourth-order valence-electron chi connectivity index (χ4n) is 3.34. The highest BCUT2D eigenvalue weighted by atomic mass is 32.2. The van der Waals surface area contributed by atoms with Gasteiger partial charge in [-0.3, -0.25) is 0 Å². The molecule has 2 heterocycles. The van der Waals surface area contributed by atoms with Crippen molar-refractivity contribution in [1.82, 2.24) is 25.0 Å². The highest BCUT2D eigenvalue weighted by Gasteiger charge is 2.45. The van der Waals surface area contributed by atoms with Gasteiger partial charge in [-0.25, -0.2) is 19.0 Å². The molecule has 6 atom stereocenters. The molecule has 2 aliphatic carbocycles. The van der Waals surface area contributed by atoms with Crippen LogP contribution in [-0.2, 0) is 4.74 Å². The van der Waals surface area contributed by atoms with Crippen molar-refractivity contribution in [1.29, 1.82) is 0 Å². The summed E-state index contributed by atoms with van der Waals surface area (Å²) >= 11 is 0.0254. The molecule has 2 saturated carbocycles. The SMILES string of the molecule is [2H]C([2H])(CO)O[C@@]1([2H])C([2H])([2H])[C@@]([2H])(n2nnc3c(N[C@@]4([2H])[C@H](c5ccc(C)c(F)c5)C4([2H])[2H])nc(SC([2H])([2H])C([2H])([2H])C)nc32)[C@]([2H])(O)[C@]1([2H])O.